The lowest BCUT2D eigenvalue weighted by Gasteiger charge is -2.04. The van der Waals surface area contributed by atoms with Gasteiger partial charge in [0.15, 0.2) is 0 Å². The van der Waals surface area contributed by atoms with E-state index in [2.05, 4.69) is 47.0 Å². The first-order valence-corrected chi connectivity index (χ1v) is 5.97. The number of hydrogen-bond acceptors (Lipinski definition) is 2. The Balaban J connectivity index is 1.90. The van der Waals surface area contributed by atoms with Crippen molar-refractivity contribution >= 4 is 17.0 Å². The summed E-state index contributed by atoms with van der Waals surface area (Å²) < 4.78 is 2.14. The molecule has 16 heavy (non-hydrogen) atoms. The molecule has 1 aliphatic carbocycles. The summed E-state index contributed by atoms with van der Waals surface area (Å²) in [6.45, 7) is 2.25. The van der Waals surface area contributed by atoms with Gasteiger partial charge in [0.25, 0.3) is 0 Å². The summed E-state index contributed by atoms with van der Waals surface area (Å²) in [5.74, 6) is 1.85. The van der Waals surface area contributed by atoms with E-state index in [-0.39, 0.29) is 0 Å². The molecule has 1 aromatic heterocycles. The van der Waals surface area contributed by atoms with Gasteiger partial charge in [-0.1, -0.05) is 25.5 Å². The van der Waals surface area contributed by atoms with Crippen LogP contribution in [0.15, 0.2) is 24.3 Å². The molecule has 2 atom stereocenters. The van der Waals surface area contributed by atoms with E-state index in [1.807, 2.05) is 6.07 Å². The predicted octanol–water partition coefficient (Wildman–Crippen LogP) is 2.78. The van der Waals surface area contributed by atoms with Gasteiger partial charge < -0.3 is 9.88 Å². The fraction of sp³-hybridized carbons (Fsp3) is 0.462. The van der Waals surface area contributed by atoms with Crippen molar-refractivity contribution in [1.82, 2.24) is 9.55 Å². The molecule has 3 heteroatoms. The van der Waals surface area contributed by atoms with Crippen LogP contribution in [0.4, 0.5) is 5.95 Å². The quantitative estimate of drug-likeness (QED) is 0.853. The minimum absolute atomic E-state index is 0.639. The zero-order chi connectivity index (χ0) is 11.1. The highest BCUT2D eigenvalue weighted by atomic mass is 15.2. The molecule has 2 aromatic rings. The summed E-state index contributed by atoms with van der Waals surface area (Å²) in [4.78, 5) is 4.61. The third kappa shape index (κ3) is 1.47. The van der Waals surface area contributed by atoms with Crippen LogP contribution in [0, 0.1) is 5.92 Å². The molecule has 1 N–H and O–H groups in total. The van der Waals surface area contributed by atoms with Crippen LogP contribution in [0.1, 0.15) is 19.8 Å². The van der Waals surface area contributed by atoms with Crippen LogP contribution in [-0.4, -0.2) is 15.6 Å². The molecule has 1 saturated carbocycles. The van der Waals surface area contributed by atoms with E-state index in [4.69, 9.17) is 0 Å². The first-order chi connectivity index (χ1) is 7.79. The summed E-state index contributed by atoms with van der Waals surface area (Å²) in [5, 5.41) is 3.53. The largest absolute Gasteiger partial charge is 0.353 e. The molecule has 0 radical (unpaired) electrons. The normalized spacial score (nSPS) is 23.6. The first-order valence-electron chi connectivity index (χ1n) is 5.97. The Labute approximate surface area is 95.5 Å². The smallest absolute Gasteiger partial charge is 0.203 e. The highest BCUT2D eigenvalue weighted by molar-refractivity contribution is 5.78. The fourth-order valence-corrected chi connectivity index (χ4v) is 2.32. The topological polar surface area (TPSA) is 29.9 Å². The molecule has 0 spiro atoms. The van der Waals surface area contributed by atoms with Crippen molar-refractivity contribution in [3.05, 3.63) is 24.3 Å². The summed E-state index contributed by atoms with van der Waals surface area (Å²) in [6.07, 6.45) is 2.56. The zero-order valence-electron chi connectivity index (χ0n) is 9.77. The van der Waals surface area contributed by atoms with E-state index in [1.165, 1.54) is 18.4 Å². The van der Waals surface area contributed by atoms with E-state index < -0.39 is 0 Å². The molecule has 3 rings (SSSR count). The Bertz CT molecular complexity index is 515. The highest BCUT2D eigenvalue weighted by Crippen LogP contribution is 2.36. The molecule has 1 fully saturated rings. The number of hydrogen-bond donors (Lipinski definition) is 1. The second kappa shape index (κ2) is 3.51. The van der Waals surface area contributed by atoms with Crippen molar-refractivity contribution in [1.29, 1.82) is 0 Å². The van der Waals surface area contributed by atoms with Gasteiger partial charge in [0.1, 0.15) is 0 Å². The molecule has 0 bridgehead atoms. The maximum absolute atomic E-state index is 4.61. The number of fused-ring (bicyclic) bond motifs is 1. The summed E-state index contributed by atoms with van der Waals surface area (Å²) in [5.41, 5.74) is 2.26. The van der Waals surface area contributed by atoms with E-state index in [0.717, 1.165) is 17.4 Å². The molecule has 0 saturated heterocycles. The monoisotopic (exact) mass is 215 g/mol. The lowest BCUT2D eigenvalue weighted by Crippen LogP contribution is -2.08. The van der Waals surface area contributed by atoms with Crippen molar-refractivity contribution in [2.24, 2.45) is 13.0 Å². The summed E-state index contributed by atoms with van der Waals surface area (Å²) >= 11 is 0. The molecule has 3 nitrogen and oxygen atoms in total. The van der Waals surface area contributed by atoms with E-state index >= 15 is 0 Å². The SMILES string of the molecule is CCC1CC1Nc1nc2ccccc2n1C. The number of imidazole rings is 1. The van der Waals surface area contributed by atoms with Crippen molar-refractivity contribution in [3.8, 4) is 0 Å². The number of nitrogens with zero attached hydrogens (tertiary/aromatic N) is 2. The third-order valence-electron chi connectivity index (χ3n) is 3.55. The molecule has 84 valence electrons. The van der Waals surface area contributed by atoms with Crippen LogP contribution in [-0.2, 0) is 7.05 Å². The Morgan fingerprint density at radius 1 is 1.44 bits per heavy atom. The molecule has 1 aliphatic rings. The van der Waals surface area contributed by atoms with Gasteiger partial charge in [-0.2, -0.15) is 0 Å². The van der Waals surface area contributed by atoms with E-state index in [0.29, 0.717) is 6.04 Å². The van der Waals surface area contributed by atoms with E-state index in [1.54, 1.807) is 0 Å². The van der Waals surface area contributed by atoms with E-state index in [9.17, 15) is 0 Å². The number of benzene rings is 1. The lowest BCUT2D eigenvalue weighted by molar-refractivity contribution is 0.768. The van der Waals surface area contributed by atoms with Crippen LogP contribution >= 0.6 is 0 Å². The third-order valence-corrected chi connectivity index (χ3v) is 3.55. The summed E-state index contributed by atoms with van der Waals surface area (Å²) in [6, 6.07) is 8.90. The lowest BCUT2D eigenvalue weighted by atomic mass is 10.3. The Hall–Kier alpha value is -1.51. The van der Waals surface area contributed by atoms with Gasteiger partial charge in [-0.25, -0.2) is 4.98 Å². The van der Waals surface area contributed by atoms with Crippen LogP contribution in [0.25, 0.3) is 11.0 Å². The van der Waals surface area contributed by atoms with Crippen molar-refractivity contribution < 1.29 is 0 Å². The molecule has 0 amide bonds. The van der Waals surface area contributed by atoms with Gasteiger partial charge in [-0.05, 0) is 24.5 Å². The van der Waals surface area contributed by atoms with Crippen molar-refractivity contribution in [2.75, 3.05) is 5.32 Å². The second-order valence-corrected chi connectivity index (χ2v) is 4.64. The molecular weight excluding hydrogens is 198 g/mol. The van der Waals surface area contributed by atoms with Crippen molar-refractivity contribution in [2.45, 2.75) is 25.8 Å². The Morgan fingerprint density at radius 2 is 2.25 bits per heavy atom. The Kier molecular flexibility index (Phi) is 2.13. The number of nitrogens with one attached hydrogen (secondary N) is 1. The van der Waals surface area contributed by atoms with Gasteiger partial charge in [-0.15, -0.1) is 0 Å². The maximum Gasteiger partial charge on any atom is 0.203 e. The molecule has 0 aliphatic heterocycles. The maximum atomic E-state index is 4.61. The number of para-hydroxylation sites is 2. The molecule has 2 unspecified atom stereocenters. The second-order valence-electron chi connectivity index (χ2n) is 4.64. The standard InChI is InChI=1S/C13H17N3/c1-3-9-8-11(9)15-13-14-10-6-4-5-7-12(10)16(13)2/h4-7,9,11H,3,8H2,1-2H3,(H,14,15). The van der Waals surface area contributed by atoms with Crippen LogP contribution in [0.2, 0.25) is 0 Å². The number of aryl methyl sites for hydroxylation is 1. The minimum Gasteiger partial charge on any atom is -0.353 e. The molecular formula is C13H17N3. The minimum atomic E-state index is 0.639. The number of anilines is 1. The van der Waals surface area contributed by atoms with Crippen LogP contribution in [0.3, 0.4) is 0 Å². The Morgan fingerprint density at radius 3 is 2.94 bits per heavy atom. The van der Waals surface area contributed by atoms with Crippen LogP contribution in [0.5, 0.6) is 0 Å². The molecule has 1 heterocycles. The fourth-order valence-electron chi connectivity index (χ4n) is 2.32. The molecule has 1 aromatic carbocycles. The average molecular weight is 215 g/mol. The first kappa shape index (κ1) is 9.70. The van der Waals surface area contributed by atoms with Gasteiger partial charge in [0.2, 0.25) is 5.95 Å². The number of rotatable bonds is 3. The zero-order valence-corrected chi connectivity index (χ0v) is 9.77. The van der Waals surface area contributed by atoms with Gasteiger partial charge in [0, 0.05) is 13.1 Å². The van der Waals surface area contributed by atoms with Crippen molar-refractivity contribution in [3.63, 3.8) is 0 Å². The van der Waals surface area contributed by atoms with Gasteiger partial charge >= 0.3 is 0 Å². The van der Waals surface area contributed by atoms with Crippen LogP contribution < -0.4 is 5.32 Å². The predicted molar refractivity (Wildman–Crippen MR) is 66.5 cm³/mol. The summed E-state index contributed by atoms with van der Waals surface area (Å²) in [7, 11) is 2.07. The average Bonchev–Trinajstić information content (AvgIpc) is 2.99. The highest BCUT2D eigenvalue weighted by Gasteiger charge is 2.35. The van der Waals surface area contributed by atoms with Gasteiger partial charge in [0.05, 0.1) is 11.0 Å². The number of aromatic nitrogens is 2. The van der Waals surface area contributed by atoms with Gasteiger partial charge in [-0.3, -0.25) is 0 Å².